The van der Waals surface area contributed by atoms with Gasteiger partial charge in [-0.05, 0) is 38.8 Å². The Labute approximate surface area is 118 Å². The summed E-state index contributed by atoms with van der Waals surface area (Å²) in [6, 6.07) is 5.12. The minimum absolute atomic E-state index is 0.0675. The van der Waals surface area contributed by atoms with Gasteiger partial charge in [-0.1, -0.05) is 6.07 Å². The molecule has 2 aliphatic heterocycles. The van der Waals surface area contributed by atoms with Crippen molar-refractivity contribution in [2.75, 3.05) is 6.54 Å². The summed E-state index contributed by atoms with van der Waals surface area (Å²) >= 11 is 0. The molecule has 0 aromatic carbocycles. The Hall–Kier alpha value is -1.91. The lowest BCUT2D eigenvalue weighted by molar-refractivity contribution is -0.159. The van der Waals surface area contributed by atoms with Gasteiger partial charge in [0.1, 0.15) is 12.1 Å². The maximum Gasteiger partial charge on any atom is 0.246 e. The first-order valence-corrected chi connectivity index (χ1v) is 7.11. The van der Waals surface area contributed by atoms with E-state index in [0.717, 1.165) is 30.8 Å². The van der Waals surface area contributed by atoms with Crippen molar-refractivity contribution in [2.45, 2.75) is 45.3 Å². The van der Waals surface area contributed by atoms with E-state index in [2.05, 4.69) is 4.98 Å². The van der Waals surface area contributed by atoms with Crippen molar-refractivity contribution in [1.29, 1.82) is 0 Å². The summed E-state index contributed by atoms with van der Waals surface area (Å²) in [5.41, 5.74) is 1.76. The Morgan fingerprint density at radius 3 is 2.85 bits per heavy atom. The maximum absolute atomic E-state index is 12.6. The van der Waals surface area contributed by atoms with Crippen LogP contribution >= 0.6 is 0 Å². The number of hydrogen-bond acceptors (Lipinski definition) is 3. The number of aryl methyl sites for hydroxylation is 1. The number of carbonyl (C=O) groups excluding carboxylic acids is 2. The largest absolute Gasteiger partial charge is 0.329 e. The fraction of sp³-hybridized carbons (Fsp3) is 0.533. The second-order valence-electron chi connectivity index (χ2n) is 5.60. The third-order valence-electron chi connectivity index (χ3n) is 4.21. The standard InChI is InChI=1S/C15H19N3O2/c1-10-5-3-6-12(16-10)9-18-11(2)14(19)17-8-4-7-13(17)15(18)20/h3,5-6,11,13H,4,7-9H2,1-2H3. The van der Waals surface area contributed by atoms with Gasteiger partial charge in [-0.15, -0.1) is 0 Å². The van der Waals surface area contributed by atoms with Crippen molar-refractivity contribution in [3.05, 3.63) is 29.6 Å². The van der Waals surface area contributed by atoms with Gasteiger partial charge in [-0.3, -0.25) is 14.6 Å². The third kappa shape index (κ3) is 2.07. The second-order valence-corrected chi connectivity index (χ2v) is 5.60. The number of nitrogens with zero attached hydrogens (tertiary/aromatic N) is 3. The van der Waals surface area contributed by atoms with E-state index < -0.39 is 0 Å². The number of rotatable bonds is 2. The molecular weight excluding hydrogens is 254 g/mol. The molecule has 5 heteroatoms. The summed E-state index contributed by atoms with van der Waals surface area (Å²) in [7, 11) is 0. The normalized spacial score (nSPS) is 26.1. The van der Waals surface area contributed by atoms with Gasteiger partial charge in [0, 0.05) is 12.2 Å². The summed E-state index contributed by atoms with van der Waals surface area (Å²) in [5, 5.41) is 0. The molecule has 0 aliphatic carbocycles. The van der Waals surface area contributed by atoms with Gasteiger partial charge < -0.3 is 9.80 Å². The van der Waals surface area contributed by atoms with Crippen molar-refractivity contribution in [3.63, 3.8) is 0 Å². The average molecular weight is 273 g/mol. The summed E-state index contributed by atoms with van der Waals surface area (Å²) in [5.74, 6) is 0.137. The Bertz CT molecular complexity index is 558. The van der Waals surface area contributed by atoms with Crippen LogP contribution in [-0.4, -0.2) is 45.2 Å². The van der Waals surface area contributed by atoms with Crippen molar-refractivity contribution in [3.8, 4) is 0 Å². The van der Waals surface area contributed by atoms with Crippen molar-refractivity contribution < 1.29 is 9.59 Å². The number of amides is 2. The van der Waals surface area contributed by atoms with Gasteiger partial charge >= 0.3 is 0 Å². The van der Waals surface area contributed by atoms with Crippen LogP contribution < -0.4 is 0 Å². The molecule has 3 rings (SSSR count). The van der Waals surface area contributed by atoms with Crippen LogP contribution in [0.15, 0.2) is 18.2 Å². The topological polar surface area (TPSA) is 53.5 Å². The van der Waals surface area contributed by atoms with E-state index >= 15 is 0 Å². The molecule has 2 atom stereocenters. The number of aromatic nitrogens is 1. The molecule has 2 amide bonds. The molecule has 2 saturated heterocycles. The van der Waals surface area contributed by atoms with E-state index in [1.54, 1.807) is 9.80 Å². The Morgan fingerprint density at radius 1 is 1.30 bits per heavy atom. The lowest BCUT2D eigenvalue weighted by Crippen LogP contribution is -2.61. The second kappa shape index (κ2) is 4.89. The van der Waals surface area contributed by atoms with E-state index in [1.165, 1.54) is 0 Å². The molecule has 106 valence electrons. The van der Waals surface area contributed by atoms with E-state index in [0.29, 0.717) is 6.54 Å². The van der Waals surface area contributed by atoms with Gasteiger partial charge in [0.05, 0.1) is 12.2 Å². The fourth-order valence-electron chi connectivity index (χ4n) is 3.12. The molecule has 1 aromatic heterocycles. The predicted octanol–water partition coefficient (Wildman–Crippen LogP) is 1.11. The van der Waals surface area contributed by atoms with Crippen LogP contribution in [-0.2, 0) is 16.1 Å². The average Bonchev–Trinajstić information content (AvgIpc) is 2.91. The molecule has 0 spiro atoms. The molecular formula is C15H19N3O2. The van der Waals surface area contributed by atoms with E-state index in [4.69, 9.17) is 0 Å². The lowest BCUT2D eigenvalue weighted by Gasteiger charge is -2.40. The van der Waals surface area contributed by atoms with Crippen LogP contribution in [0.3, 0.4) is 0 Å². The number of piperazine rings is 1. The molecule has 5 nitrogen and oxygen atoms in total. The van der Waals surface area contributed by atoms with E-state index in [1.807, 2.05) is 32.0 Å². The highest BCUT2D eigenvalue weighted by Crippen LogP contribution is 2.27. The SMILES string of the molecule is Cc1cccc(CN2C(=O)C3CCCN3C(=O)C2C)n1. The molecule has 0 radical (unpaired) electrons. The molecule has 3 heterocycles. The summed E-state index contributed by atoms with van der Waals surface area (Å²) in [4.78, 5) is 32.7. The molecule has 2 unspecified atom stereocenters. The minimum Gasteiger partial charge on any atom is -0.329 e. The molecule has 1 aromatic rings. The predicted molar refractivity (Wildman–Crippen MR) is 73.7 cm³/mol. The molecule has 2 fully saturated rings. The zero-order chi connectivity index (χ0) is 14.3. The van der Waals surface area contributed by atoms with E-state index in [-0.39, 0.29) is 23.9 Å². The monoisotopic (exact) mass is 273 g/mol. The zero-order valence-corrected chi connectivity index (χ0v) is 11.9. The van der Waals surface area contributed by atoms with Crippen molar-refractivity contribution >= 4 is 11.8 Å². The van der Waals surface area contributed by atoms with Gasteiger partial charge in [-0.2, -0.15) is 0 Å². The smallest absolute Gasteiger partial charge is 0.246 e. The van der Waals surface area contributed by atoms with Crippen LogP contribution in [0.4, 0.5) is 0 Å². The number of pyridine rings is 1. The van der Waals surface area contributed by atoms with Gasteiger partial charge in [0.2, 0.25) is 11.8 Å². The van der Waals surface area contributed by atoms with Crippen molar-refractivity contribution in [1.82, 2.24) is 14.8 Å². The first-order chi connectivity index (χ1) is 9.58. The van der Waals surface area contributed by atoms with Crippen LogP contribution in [0.5, 0.6) is 0 Å². The number of carbonyl (C=O) groups is 2. The summed E-state index contributed by atoms with van der Waals surface area (Å²) in [6.45, 7) is 4.87. The first kappa shape index (κ1) is 13.1. The van der Waals surface area contributed by atoms with Crippen molar-refractivity contribution in [2.24, 2.45) is 0 Å². The molecule has 0 saturated carbocycles. The molecule has 2 aliphatic rings. The maximum atomic E-state index is 12.6. The van der Waals surface area contributed by atoms with Crippen LogP contribution in [0.1, 0.15) is 31.2 Å². The Balaban J connectivity index is 1.84. The highest BCUT2D eigenvalue weighted by molar-refractivity contribution is 5.97. The summed E-state index contributed by atoms with van der Waals surface area (Å²) in [6.07, 6.45) is 1.71. The van der Waals surface area contributed by atoms with Gasteiger partial charge in [-0.25, -0.2) is 0 Å². The highest BCUT2D eigenvalue weighted by atomic mass is 16.2. The summed E-state index contributed by atoms with van der Waals surface area (Å²) < 4.78 is 0. The Morgan fingerprint density at radius 2 is 2.10 bits per heavy atom. The van der Waals surface area contributed by atoms with Crippen LogP contribution in [0.2, 0.25) is 0 Å². The first-order valence-electron chi connectivity index (χ1n) is 7.11. The third-order valence-corrected chi connectivity index (χ3v) is 4.21. The van der Waals surface area contributed by atoms with Crippen LogP contribution in [0.25, 0.3) is 0 Å². The lowest BCUT2D eigenvalue weighted by atomic mass is 10.1. The molecule has 0 N–H and O–H groups in total. The quantitative estimate of drug-likeness (QED) is 0.811. The van der Waals surface area contributed by atoms with Crippen LogP contribution in [0, 0.1) is 6.92 Å². The Kier molecular flexibility index (Phi) is 3.20. The number of fused-ring (bicyclic) bond motifs is 1. The fourth-order valence-corrected chi connectivity index (χ4v) is 3.12. The van der Waals surface area contributed by atoms with Gasteiger partial charge in [0.25, 0.3) is 0 Å². The highest BCUT2D eigenvalue weighted by Gasteiger charge is 2.45. The minimum atomic E-state index is -0.390. The van der Waals surface area contributed by atoms with Gasteiger partial charge in [0.15, 0.2) is 0 Å². The number of hydrogen-bond donors (Lipinski definition) is 0. The van der Waals surface area contributed by atoms with E-state index in [9.17, 15) is 9.59 Å². The molecule has 20 heavy (non-hydrogen) atoms. The molecule has 0 bridgehead atoms. The zero-order valence-electron chi connectivity index (χ0n) is 11.9.